The van der Waals surface area contributed by atoms with Crippen LogP contribution in [0.4, 0.5) is 5.69 Å². The first-order chi connectivity index (χ1) is 11.6. The summed E-state index contributed by atoms with van der Waals surface area (Å²) >= 11 is 0. The van der Waals surface area contributed by atoms with Gasteiger partial charge in [-0.1, -0.05) is 24.3 Å². The van der Waals surface area contributed by atoms with Crippen LogP contribution in [0.1, 0.15) is 5.56 Å². The molecule has 1 fully saturated rings. The molecule has 1 aliphatic rings. The number of nitrogens with zero attached hydrogens (tertiary/aromatic N) is 3. The van der Waals surface area contributed by atoms with Crippen LogP contribution in [0.3, 0.4) is 0 Å². The number of carbonyl (C=O) groups excluding carboxylic acids is 1. The predicted octanol–water partition coefficient (Wildman–Crippen LogP) is 1.15. The van der Waals surface area contributed by atoms with Crippen molar-refractivity contribution in [2.45, 2.75) is 0 Å². The van der Waals surface area contributed by atoms with Crippen LogP contribution in [0.15, 0.2) is 41.7 Å². The number of carbonyl (C=O) groups is 1. The molecule has 1 N–H and O–H groups in total. The highest BCUT2D eigenvalue weighted by Gasteiger charge is 2.35. The molecule has 0 aliphatic carbocycles. The van der Waals surface area contributed by atoms with Crippen molar-refractivity contribution in [1.29, 1.82) is 5.26 Å². The Morgan fingerprint density at radius 1 is 1.46 bits per heavy atom. The SMILES string of the molecule is C=CCNC(=O)C1CN(c2c(C#N)c(=O)n(C)c3ccccc23)C1. The maximum Gasteiger partial charge on any atom is 0.270 e. The molecule has 3 rings (SSSR count). The number of anilines is 1. The van der Waals surface area contributed by atoms with Crippen molar-refractivity contribution in [3.05, 3.63) is 52.8 Å². The molecule has 1 aromatic heterocycles. The summed E-state index contributed by atoms with van der Waals surface area (Å²) in [5.74, 6) is -0.169. The third-order valence-corrected chi connectivity index (χ3v) is 4.38. The van der Waals surface area contributed by atoms with Gasteiger partial charge in [-0.05, 0) is 6.07 Å². The van der Waals surface area contributed by atoms with Crippen molar-refractivity contribution in [2.75, 3.05) is 24.5 Å². The van der Waals surface area contributed by atoms with Gasteiger partial charge in [-0.2, -0.15) is 5.26 Å². The lowest BCUT2D eigenvalue weighted by Gasteiger charge is -2.41. The molecule has 6 nitrogen and oxygen atoms in total. The van der Waals surface area contributed by atoms with Gasteiger partial charge in [-0.25, -0.2) is 0 Å². The van der Waals surface area contributed by atoms with E-state index in [1.807, 2.05) is 35.2 Å². The molecule has 1 amide bonds. The van der Waals surface area contributed by atoms with Crippen molar-refractivity contribution < 1.29 is 4.79 Å². The third kappa shape index (κ3) is 2.44. The minimum Gasteiger partial charge on any atom is -0.368 e. The molecule has 1 aliphatic heterocycles. The number of hydrogen-bond donors (Lipinski definition) is 1. The van der Waals surface area contributed by atoms with Crippen molar-refractivity contribution >= 4 is 22.5 Å². The molecule has 6 heteroatoms. The average Bonchev–Trinajstić information content (AvgIpc) is 2.56. The number of benzene rings is 1. The van der Waals surface area contributed by atoms with Gasteiger partial charge in [0.15, 0.2) is 0 Å². The molecule has 0 radical (unpaired) electrons. The first-order valence-corrected chi connectivity index (χ1v) is 7.73. The lowest BCUT2D eigenvalue weighted by Crippen LogP contribution is -2.54. The minimum absolute atomic E-state index is 0.0298. The van der Waals surface area contributed by atoms with Crippen molar-refractivity contribution in [2.24, 2.45) is 13.0 Å². The van der Waals surface area contributed by atoms with Crippen LogP contribution in [0.25, 0.3) is 10.9 Å². The van der Waals surface area contributed by atoms with E-state index in [0.29, 0.717) is 25.3 Å². The number of nitrogens with one attached hydrogen (secondary N) is 1. The molecular weight excluding hydrogens is 304 g/mol. The molecule has 1 aromatic carbocycles. The number of hydrogen-bond acceptors (Lipinski definition) is 4. The van der Waals surface area contributed by atoms with Gasteiger partial charge in [0, 0.05) is 32.1 Å². The average molecular weight is 322 g/mol. The molecule has 122 valence electrons. The van der Waals surface area contributed by atoms with Gasteiger partial charge in [0.2, 0.25) is 5.91 Å². The van der Waals surface area contributed by atoms with E-state index in [0.717, 1.165) is 10.9 Å². The number of rotatable bonds is 4. The number of aromatic nitrogens is 1. The van der Waals surface area contributed by atoms with Crippen LogP contribution in [-0.2, 0) is 11.8 Å². The summed E-state index contributed by atoms with van der Waals surface area (Å²) in [5, 5.41) is 13.1. The fourth-order valence-corrected chi connectivity index (χ4v) is 3.05. The molecule has 2 aromatic rings. The molecule has 24 heavy (non-hydrogen) atoms. The monoisotopic (exact) mass is 322 g/mol. The second-order valence-electron chi connectivity index (χ2n) is 5.85. The highest BCUT2D eigenvalue weighted by atomic mass is 16.2. The second kappa shape index (κ2) is 6.20. The Labute approximate surface area is 139 Å². The number of para-hydroxylation sites is 1. The Morgan fingerprint density at radius 2 is 2.17 bits per heavy atom. The molecule has 0 saturated carbocycles. The van der Waals surface area contributed by atoms with Crippen LogP contribution in [-0.4, -0.2) is 30.1 Å². The first kappa shape index (κ1) is 15.8. The Hall–Kier alpha value is -3.07. The maximum absolute atomic E-state index is 12.5. The van der Waals surface area contributed by atoms with Crippen LogP contribution in [0, 0.1) is 17.2 Å². The Bertz CT molecular complexity index is 917. The summed E-state index contributed by atoms with van der Waals surface area (Å²) in [6, 6.07) is 9.53. The topological polar surface area (TPSA) is 78.1 Å². The van der Waals surface area contributed by atoms with Crippen LogP contribution in [0.2, 0.25) is 0 Å². The van der Waals surface area contributed by atoms with E-state index in [9.17, 15) is 14.9 Å². The fourth-order valence-electron chi connectivity index (χ4n) is 3.05. The Morgan fingerprint density at radius 3 is 2.83 bits per heavy atom. The van der Waals surface area contributed by atoms with Crippen LogP contribution in [0.5, 0.6) is 0 Å². The van der Waals surface area contributed by atoms with Gasteiger partial charge in [0.1, 0.15) is 11.6 Å². The largest absolute Gasteiger partial charge is 0.368 e. The Kier molecular flexibility index (Phi) is 4.09. The second-order valence-corrected chi connectivity index (χ2v) is 5.85. The molecule has 0 unspecified atom stereocenters. The number of nitriles is 1. The minimum atomic E-state index is -0.314. The van der Waals surface area contributed by atoms with Crippen LogP contribution < -0.4 is 15.8 Å². The summed E-state index contributed by atoms with van der Waals surface area (Å²) < 4.78 is 1.49. The van der Waals surface area contributed by atoms with Gasteiger partial charge in [-0.15, -0.1) is 6.58 Å². The highest BCUT2D eigenvalue weighted by molar-refractivity contribution is 5.96. The normalized spacial score (nSPS) is 14.1. The van der Waals surface area contributed by atoms with E-state index in [2.05, 4.69) is 11.9 Å². The lowest BCUT2D eigenvalue weighted by molar-refractivity contribution is -0.125. The zero-order valence-corrected chi connectivity index (χ0v) is 13.5. The highest BCUT2D eigenvalue weighted by Crippen LogP contribution is 2.33. The number of fused-ring (bicyclic) bond motifs is 1. The van der Waals surface area contributed by atoms with Crippen molar-refractivity contribution in [3.63, 3.8) is 0 Å². The molecule has 0 spiro atoms. The summed E-state index contributed by atoms with van der Waals surface area (Å²) in [6.45, 7) is 5.00. The molecule has 1 saturated heterocycles. The van der Waals surface area contributed by atoms with Crippen LogP contribution >= 0.6 is 0 Å². The van der Waals surface area contributed by atoms with E-state index in [4.69, 9.17) is 0 Å². The van der Waals surface area contributed by atoms with Gasteiger partial charge in [0.25, 0.3) is 5.56 Å². The first-order valence-electron chi connectivity index (χ1n) is 7.73. The summed E-state index contributed by atoms with van der Waals surface area (Å²) in [5.41, 5.74) is 1.21. The number of aryl methyl sites for hydroxylation is 1. The fraction of sp³-hybridized carbons (Fsp3) is 0.278. The van der Waals surface area contributed by atoms with E-state index in [1.54, 1.807) is 13.1 Å². The predicted molar refractivity (Wildman–Crippen MR) is 92.8 cm³/mol. The van der Waals surface area contributed by atoms with Crippen molar-refractivity contribution in [3.8, 4) is 6.07 Å². The van der Waals surface area contributed by atoms with E-state index in [1.165, 1.54) is 4.57 Å². The molecule has 0 atom stereocenters. The van der Waals surface area contributed by atoms with E-state index >= 15 is 0 Å². The Balaban J connectivity index is 1.98. The number of amides is 1. The van der Waals surface area contributed by atoms with Crippen molar-refractivity contribution in [1.82, 2.24) is 9.88 Å². The number of pyridine rings is 1. The summed E-state index contributed by atoms with van der Waals surface area (Å²) in [7, 11) is 1.66. The quantitative estimate of drug-likeness (QED) is 0.857. The van der Waals surface area contributed by atoms with Gasteiger partial charge in [-0.3, -0.25) is 9.59 Å². The van der Waals surface area contributed by atoms with Gasteiger partial charge in [0.05, 0.1) is 17.1 Å². The zero-order valence-electron chi connectivity index (χ0n) is 13.5. The summed E-state index contributed by atoms with van der Waals surface area (Å²) in [4.78, 5) is 26.4. The molecule has 0 bridgehead atoms. The lowest BCUT2D eigenvalue weighted by atomic mass is 9.95. The standard InChI is InChI=1S/C18H18N4O2/c1-3-8-20-17(23)12-10-22(11-12)16-13-6-4-5-7-15(13)21(2)18(24)14(16)9-19/h3-7,12H,1,8,10-11H2,2H3,(H,20,23). The van der Waals surface area contributed by atoms with Gasteiger partial charge < -0.3 is 14.8 Å². The molecular formula is C18H18N4O2. The maximum atomic E-state index is 12.5. The van der Waals surface area contributed by atoms with E-state index in [-0.39, 0.29) is 22.9 Å². The van der Waals surface area contributed by atoms with Gasteiger partial charge >= 0.3 is 0 Å². The summed E-state index contributed by atoms with van der Waals surface area (Å²) in [6.07, 6.45) is 1.64. The smallest absolute Gasteiger partial charge is 0.270 e. The third-order valence-electron chi connectivity index (χ3n) is 4.38. The molecule has 2 heterocycles. The van der Waals surface area contributed by atoms with E-state index < -0.39 is 0 Å². The zero-order chi connectivity index (χ0) is 17.3.